The van der Waals surface area contributed by atoms with Gasteiger partial charge in [-0.2, -0.15) is 0 Å². The molecule has 2 N–H and O–H groups in total. The number of anilines is 1. The van der Waals surface area contributed by atoms with E-state index < -0.39 is 0 Å². The highest BCUT2D eigenvalue weighted by molar-refractivity contribution is 6.10. The van der Waals surface area contributed by atoms with Crippen molar-refractivity contribution in [2.24, 2.45) is 10.7 Å². The molecule has 0 saturated heterocycles. The molecule has 3 aromatic carbocycles. The first-order chi connectivity index (χ1) is 12.2. The van der Waals surface area contributed by atoms with E-state index in [4.69, 9.17) is 10.5 Å². The third-order valence-corrected chi connectivity index (χ3v) is 4.56. The Labute approximate surface area is 146 Å². The van der Waals surface area contributed by atoms with Crippen molar-refractivity contribution in [1.82, 2.24) is 0 Å². The number of methoxy groups -OCH3 is 1. The quantitative estimate of drug-likeness (QED) is 0.447. The summed E-state index contributed by atoms with van der Waals surface area (Å²) in [6.07, 6.45) is 4.27. The summed E-state index contributed by atoms with van der Waals surface area (Å²) in [5.41, 5.74) is 10.6. The van der Waals surface area contributed by atoms with Gasteiger partial charge in [-0.1, -0.05) is 36.4 Å². The highest BCUT2D eigenvalue weighted by atomic mass is 16.5. The molecule has 4 nitrogen and oxygen atoms in total. The number of hydrogen-bond acceptors (Lipinski definition) is 2. The Morgan fingerprint density at radius 3 is 2.40 bits per heavy atom. The molecular formula is C21H19N3O. The minimum absolute atomic E-state index is 0.442. The first-order valence-corrected chi connectivity index (χ1v) is 8.13. The minimum Gasteiger partial charge on any atom is -0.497 e. The van der Waals surface area contributed by atoms with Crippen molar-refractivity contribution in [3.05, 3.63) is 65.7 Å². The Bertz CT molecular complexity index is 991. The van der Waals surface area contributed by atoms with E-state index in [9.17, 15) is 0 Å². The maximum absolute atomic E-state index is 6.26. The zero-order valence-electron chi connectivity index (χ0n) is 14.2. The SMILES string of the molecule is COc1ccc(N(C)C(N)=Nc2ccc3c4c(cccc24)C=C3)cc1. The molecule has 0 amide bonds. The summed E-state index contributed by atoms with van der Waals surface area (Å²) >= 11 is 0. The molecule has 1 aliphatic rings. The van der Waals surface area contributed by atoms with Crippen molar-refractivity contribution in [1.29, 1.82) is 0 Å². The van der Waals surface area contributed by atoms with Gasteiger partial charge in [0.1, 0.15) is 5.75 Å². The van der Waals surface area contributed by atoms with Gasteiger partial charge >= 0.3 is 0 Å². The molecule has 4 heteroatoms. The lowest BCUT2D eigenvalue weighted by Crippen LogP contribution is -2.33. The Morgan fingerprint density at radius 2 is 1.68 bits per heavy atom. The van der Waals surface area contributed by atoms with E-state index in [2.05, 4.69) is 41.4 Å². The van der Waals surface area contributed by atoms with Crippen LogP contribution in [-0.4, -0.2) is 20.1 Å². The number of hydrogen-bond donors (Lipinski definition) is 1. The third kappa shape index (κ3) is 2.62. The molecule has 1 aliphatic carbocycles. The van der Waals surface area contributed by atoms with Crippen molar-refractivity contribution in [2.75, 3.05) is 19.1 Å². The first-order valence-electron chi connectivity index (χ1n) is 8.13. The lowest BCUT2D eigenvalue weighted by molar-refractivity contribution is 0.415. The van der Waals surface area contributed by atoms with Gasteiger partial charge in [0.05, 0.1) is 12.8 Å². The van der Waals surface area contributed by atoms with Gasteiger partial charge in [0.15, 0.2) is 0 Å². The Kier molecular flexibility index (Phi) is 3.65. The molecule has 4 rings (SSSR count). The Hall–Kier alpha value is -3.27. The number of nitrogens with zero attached hydrogens (tertiary/aromatic N) is 2. The van der Waals surface area contributed by atoms with Crippen LogP contribution in [0.3, 0.4) is 0 Å². The Balaban J connectivity index is 1.72. The van der Waals surface area contributed by atoms with Crippen LogP contribution >= 0.6 is 0 Å². The monoisotopic (exact) mass is 329 g/mol. The molecule has 0 radical (unpaired) electrons. The summed E-state index contributed by atoms with van der Waals surface area (Å²) in [7, 11) is 3.56. The van der Waals surface area contributed by atoms with Crippen LogP contribution in [0.5, 0.6) is 5.75 Å². The summed E-state index contributed by atoms with van der Waals surface area (Å²) in [6, 6.07) is 18.1. The van der Waals surface area contributed by atoms with Gasteiger partial charge in [-0.3, -0.25) is 0 Å². The van der Waals surface area contributed by atoms with Crippen LogP contribution in [0.1, 0.15) is 11.1 Å². The average molecular weight is 329 g/mol. The molecule has 25 heavy (non-hydrogen) atoms. The van der Waals surface area contributed by atoms with Gasteiger partial charge in [0.2, 0.25) is 5.96 Å². The fourth-order valence-electron chi connectivity index (χ4n) is 3.14. The van der Waals surface area contributed by atoms with Crippen LogP contribution in [0.4, 0.5) is 11.4 Å². The summed E-state index contributed by atoms with van der Waals surface area (Å²) in [5.74, 6) is 1.25. The second kappa shape index (κ2) is 5.98. The molecule has 0 aromatic heterocycles. The fourth-order valence-corrected chi connectivity index (χ4v) is 3.14. The fraction of sp³-hybridized carbons (Fsp3) is 0.0952. The normalized spacial score (nSPS) is 12.6. The molecule has 0 spiro atoms. The highest BCUT2D eigenvalue weighted by Gasteiger charge is 2.12. The molecule has 0 bridgehead atoms. The summed E-state index contributed by atoms with van der Waals surface area (Å²) in [4.78, 5) is 6.54. The number of guanidine groups is 1. The van der Waals surface area contributed by atoms with Crippen molar-refractivity contribution >= 4 is 40.3 Å². The van der Waals surface area contributed by atoms with E-state index in [1.54, 1.807) is 7.11 Å². The highest BCUT2D eigenvalue weighted by Crippen LogP contribution is 2.36. The number of aliphatic imine (C=N–C) groups is 1. The molecule has 124 valence electrons. The Morgan fingerprint density at radius 1 is 0.960 bits per heavy atom. The van der Waals surface area contributed by atoms with Crippen LogP contribution in [0, 0.1) is 0 Å². The van der Waals surface area contributed by atoms with E-state index in [1.807, 2.05) is 42.3 Å². The van der Waals surface area contributed by atoms with Gasteiger partial charge in [-0.15, -0.1) is 0 Å². The van der Waals surface area contributed by atoms with Crippen LogP contribution in [0.2, 0.25) is 0 Å². The van der Waals surface area contributed by atoms with Crippen LogP contribution in [-0.2, 0) is 0 Å². The number of benzene rings is 3. The number of ether oxygens (including phenoxy) is 1. The zero-order valence-corrected chi connectivity index (χ0v) is 14.2. The largest absolute Gasteiger partial charge is 0.497 e. The van der Waals surface area contributed by atoms with Crippen molar-refractivity contribution in [2.45, 2.75) is 0 Å². The molecule has 0 unspecified atom stereocenters. The maximum Gasteiger partial charge on any atom is 0.200 e. The van der Waals surface area contributed by atoms with Gasteiger partial charge in [0, 0.05) is 18.1 Å². The molecule has 0 saturated carbocycles. The summed E-state index contributed by atoms with van der Waals surface area (Å²) < 4.78 is 5.20. The molecular weight excluding hydrogens is 310 g/mol. The van der Waals surface area contributed by atoms with E-state index in [1.165, 1.54) is 16.5 Å². The number of nitrogens with two attached hydrogens (primary N) is 1. The van der Waals surface area contributed by atoms with Gasteiger partial charge < -0.3 is 15.4 Å². The van der Waals surface area contributed by atoms with Gasteiger partial charge in [-0.05, 0) is 46.8 Å². The third-order valence-electron chi connectivity index (χ3n) is 4.56. The first kappa shape index (κ1) is 15.3. The van der Waals surface area contributed by atoms with Crippen molar-refractivity contribution < 1.29 is 4.74 Å². The van der Waals surface area contributed by atoms with E-state index in [0.29, 0.717) is 5.96 Å². The molecule has 0 heterocycles. The van der Waals surface area contributed by atoms with Crippen LogP contribution in [0.15, 0.2) is 59.6 Å². The number of rotatable bonds is 3. The van der Waals surface area contributed by atoms with E-state index in [0.717, 1.165) is 22.5 Å². The van der Waals surface area contributed by atoms with E-state index in [-0.39, 0.29) is 0 Å². The molecule has 3 aromatic rings. The minimum atomic E-state index is 0.442. The van der Waals surface area contributed by atoms with E-state index >= 15 is 0 Å². The van der Waals surface area contributed by atoms with Crippen molar-refractivity contribution in [3.8, 4) is 5.75 Å². The molecule has 0 atom stereocenters. The lowest BCUT2D eigenvalue weighted by Gasteiger charge is -2.18. The van der Waals surface area contributed by atoms with Gasteiger partial charge in [-0.25, -0.2) is 4.99 Å². The van der Waals surface area contributed by atoms with Gasteiger partial charge in [0.25, 0.3) is 0 Å². The maximum atomic E-state index is 6.26. The van der Waals surface area contributed by atoms with Crippen molar-refractivity contribution in [3.63, 3.8) is 0 Å². The second-order valence-corrected chi connectivity index (χ2v) is 6.00. The molecule has 0 aliphatic heterocycles. The predicted molar refractivity (Wildman–Crippen MR) is 106 cm³/mol. The zero-order chi connectivity index (χ0) is 17.4. The smallest absolute Gasteiger partial charge is 0.200 e. The molecule has 0 fully saturated rings. The second-order valence-electron chi connectivity index (χ2n) is 6.00. The predicted octanol–water partition coefficient (Wildman–Crippen LogP) is 4.41. The summed E-state index contributed by atoms with van der Waals surface area (Å²) in [5, 5.41) is 2.36. The van der Waals surface area contributed by atoms with Crippen LogP contribution < -0.4 is 15.4 Å². The standard InChI is InChI=1S/C21H19N3O/c1-24(16-9-11-17(25-2)12-10-16)21(22)23-19-13-8-15-7-6-14-4-3-5-18(19)20(14)15/h3-13H,1-2H3,(H2,22,23). The topological polar surface area (TPSA) is 50.9 Å². The summed E-state index contributed by atoms with van der Waals surface area (Å²) in [6.45, 7) is 0. The average Bonchev–Trinajstić information content (AvgIpc) is 3.08. The lowest BCUT2D eigenvalue weighted by atomic mass is 10.0. The van der Waals surface area contributed by atoms with Crippen LogP contribution in [0.25, 0.3) is 22.9 Å².